The number of halogens is 2. The quantitative estimate of drug-likeness (QED) is 0.342. The van der Waals surface area contributed by atoms with Crippen molar-refractivity contribution in [2.45, 2.75) is 19.9 Å². The van der Waals surface area contributed by atoms with Gasteiger partial charge >= 0.3 is 0 Å². The highest BCUT2D eigenvalue weighted by Crippen LogP contribution is 2.33. The molecule has 4 N–H and O–H groups in total. The van der Waals surface area contributed by atoms with Crippen LogP contribution in [-0.2, 0) is 0 Å². The number of rotatable bonds is 5. The van der Waals surface area contributed by atoms with E-state index in [1.54, 1.807) is 26.0 Å². The van der Waals surface area contributed by atoms with Crippen molar-refractivity contribution in [1.82, 2.24) is 34.9 Å². The number of nitrogens with zero attached hydrogens (tertiary/aromatic N) is 6. The van der Waals surface area contributed by atoms with E-state index in [0.29, 0.717) is 28.7 Å². The Morgan fingerprint density at radius 3 is 2.82 bits per heavy atom. The Morgan fingerprint density at radius 1 is 1.29 bits per heavy atom. The molecule has 11 nitrogen and oxygen atoms in total. The zero-order valence-corrected chi connectivity index (χ0v) is 18.6. The van der Waals surface area contributed by atoms with Gasteiger partial charge in [-0.15, -0.1) is 0 Å². The van der Waals surface area contributed by atoms with Crippen molar-refractivity contribution in [3.63, 3.8) is 0 Å². The molecule has 0 aliphatic heterocycles. The molecule has 0 aliphatic carbocycles. The van der Waals surface area contributed by atoms with Crippen LogP contribution < -0.4 is 16.6 Å². The third-order valence-electron chi connectivity index (χ3n) is 5.25. The van der Waals surface area contributed by atoms with Gasteiger partial charge in [-0.25, -0.2) is 14.4 Å². The Labute approximate surface area is 195 Å². The Kier molecular flexibility index (Phi) is 5.21. The molecule has 34 heavy (non-hydrogen) atoms. The molecular formula is C21H17ClFN9O2. The number of nitrogens with two attached hydrogens (primary N) is 1. The van der Waals surface area contributed by atoms with Crippen LogP contribution in [0.25, 0.3) is 28.0 Å². The van der Waals surface area contributed by atoms with Crippen LogP contribution in [0, 0.1) is 12.7 Å². The lowest BCUT2D eigenvalue weighted by molar-refractivity contribution is 0.425. The van der Waals surface area contributed by atoms with Crippen molar-refractivity contribution >= 4 is 34.0 Å². The van der Waals surface area contributed by atoms with Crippen LogP contribution in [0.5, 0.6) is 0 Å². The summed E-state index contributed by atoms with van der Waals surface area (Å²) < 4.78 is 21.3. The van der Waals surface area contributed by atoms with Crippen molar-refractivity contribution in [3.05, 3.63) is 69.5 Å². The number of aromatic nitrogens is 7. The average molecular weight is 482 g/mol. The topological polar surface area (TPSA) is 153 Å². The highest BCUT2D eigenvalue weighted by Gasteiger charge is 2.23. The number of hydrogen-bond donors (Lipinski definition) is 3. The number of hydrogen-bond acceptors (Lipinski definition) is 9. The normalized spacial score (nSPS) is 12.2. The van der Waals surface area contributed by atoms with E-state index in [2.05, 4.69) is 35.6 Å². The monoisotopic (exact) mass is 481 g/mol. The third-order valence-corrected chi connectivity index (χ3v) is 5.57. The molecular weight excluding hydrogens is 465 g/mol. The predicted molar refractivity (Wildman–Crippen MR) is 123 cm³/mol. The van der Waals surface area contributed by atoms with Crippen LogP contribution in [0.15, 0.2) is 46.1 Å². The summed E-state index contributed by atoms with van der Waals surface area (Å²) in [5, 5.41) is 14.0. The average Bonchev–Trinajstić information content (AvgIpc) is 3.48. The number of pyridine rings is 1. The van der Waals surface area contributed by atoms with E-state index in [4.69, 9.17) is 21.9 Å². The second-order valence-corrected chi connectivity index (χ2v) is 7.87. The molecule has 1 unspecified atom stereocenters. The molecule has 5 rings (SSSR count). The molecule has 172 valence electrons. The molecule has 0 bridgehead atoms. The molecule has 0 radical (unpaired) electrons. The van der Waals surface area contributed by atoms with E-state index in [0.717, 1.165) is 0 Å². The number of benzene rings is 1. The summed E-state index contributed by atoms with van der Waals surface area (Å²) in [6.07, 6.45) is 2.78. The van der Waals surface area contributed by atoms with Gasteiger partial charge in [0.2, 0.25) is 0 Å². The largest absolute Gasteiger partial charge is 0.383 e. The summed E-state index contributed by atoms with van der Waals surface area (Å²) in [4.78, 5) is 26.0. The fraction of sp³-hybridized carbons (Fsp3) is 0.143. The lowest BCUT2D eigenvalue weighted by atomic mass is 10.1. The van der Waals surface area contributed by atoms with Gasteiger partial charge in [-0.05, 0) is 32.0 Å². The first-order chi connectivity index (χ1) is 16.3. The van der Waals surface area contributed by atoms with E-state index in [9.17, 15) is 9.18 Å². The highest BCUT2D eigenvalue weighted by molar-refractivity contribution is 6.35. The van der Waals surface area contributed by atoms with Gasteiger partial charge in [-0.2, -0.15) is 10.1 Å². The maximum atomic E-state index is 14.7. The third kappa shape index (κ3) is 3.53. The van der Waals surface area contributed by atoms with Gasteiger partial charge in [0.05, 0.1) is 28.3 Å². The molecule has 0 amide bonds. The summed E-state index contributed by atoms with van der Waals surface area (Å²) >= 11 is 6.26. The molecule has 0 aliphatic rings. The summed E-state index contributed by atoms with van der Waals surface area (Å²) in [6, 6.07) is 5.15. The molecule has 0 saturated heterocycles. The Bertz CT molecular complexity index is 1580. The first kappa shape index (κ1) is 21.5. The summed E-state index contributed by atoms with van der Waals surface area (Å²) in [5.74, 6) is 0.759. The van der Waals surface area contributed by atoms with Crippen LogP contribution in [0.3, 0.4) is 0 Å². The maximum absolute atomic E-state index is 14.7. The number of anilines is 2. The van der Waals surface area contributed by atoms with Crippen LogP contribution in [0.1, 0.15) is 24.5 Å². The van der Waals surface area contributed by atoms with Crippen molar-refractivity contribution in [2.75, 3.05) is 11.1 Å². The van der Waals surface area contributed by atoms with Crippen LogP contribution in [0.2, 0.25) is 5.02 Å². The van der Waals surface area contributed by atoms with Gasteiger partial charge < -0.3 is 15.6 Å². The minimum absolute atomic E-state index is 0.0560. The predicted octanol–water partition coefficient (Wildman–Crippen LogP) is 3.41. The van der Waals surface area contributed by atoms with Gasteiger partial charge in [0.15, 0.2) is 5.82 Å². The van der Waals surface area contributed by atoms with E-state index < -0.39 is 17.4 Å². The van der Waals surface area contributed by atoms with Crippen molar-refractivity contribution in [3.8, 4) is 17.3 Å². The van der Waals surface area contributed by atoms with Gasteiger partial charge in [-0.3, -0.25) is 14.5 Å². The van der Waals surface area contributed by atoms with E-state index in [-0.39, 0.29) is 27.5 Å². The molecule has 0 saturated carbocycles. The van der Waals surface area contributed by atoms with Gasteiger partial charge in [0.1, 0.15) is 35.2 Å². The molecule has 1 aromatic carbocycles. The van der Waals surface area contributed by atoms with Gasteiger partial charge in [0, 0.05) is 11.5 Å². The lowest BCUT2D eigenvalue weighted by Crippen LogP contribution is -2.26. The van der Waals surface area contributed by atoms with Crippen molar-refractivity contribution < 1.29 is 8.91 Å². The summed E-state index contributed by atoms with van der Waals surface area (Å²) in [6.45, 7) is 3.44. The number of aromatic amines is 1. The van der Waals surface area contributed by atoms with Gasteiger partial charge in [0.25, 0.3) is 11.4 Å². The number of nitrogen functional groups attached to an aromatic ring is 1. The molecule has 4 heterocycles. The number of aryl methyl sites for hydroxylation is 1. The number of H-pyrrole nitrogens is 1. The van der Waals surface area contributed by atoms with Gasteiger partial charge in [-0.1, -0.05) is 16.8 Å². The van der Waals surface area contributed by atoms with Crippen LogP contribution in [0.4, 0.5) is 16.0 Å². The fourth-order valence-electron chi connectivity index (χ4n) is 3.70. The fourth-order valence-corrected chi connectivity index (χ4v) is 3.95. The standard InChI is InChI=1S/C21H17ClFN9O2/c1-9(28-19-17(18(24)25-8-26-19)20-29-10(2)31-34-20)14-7-11-13(23)4-3-12(22)16(11)21(33)32(14)15-5-6-27-30-15/h3-9H,1-2H3,(H,27,30)(H3,24,25,26,28). The van der Waals surface area contributed by atoms with Crippen molar-refractivity contribution in [1.29, 1.82) is 0 Å². The molecule has 4 aromatic heterocycles. The minimum atomic E-state index is -0.587. The van der Waals surface area contributed by atoms with Crippen LogP contribution in [-0.4, -0.2) is 34.9 Å². The maximum Gasteiger partial charge on any atom is 0.266 e. The number of fused-ring (bicyclic) bond motifs is 1. The lowest BCUT2D eigenvalue weighted by Gasteiger charge is -2.21. The SMILES string of the molecule is Cc1noc(-c2c(N)ncnc2NC(C)c2cc3c(F)ccc(Cl)c3c(=O)n2-c2ccn[nH]2)n1. The minimum Gasteiger partial charge on any atom is -0.383 e. The Morgan fingerprint density at radius 2 is 2.12 bits per heavy atom. The smallest absolute Gasteiger partial charge is 0.266 e. The Hall–Kier alpha value is -4.32. The Balaban J connectivity index is 1.69. The summed E-state index contributed by atoms with van der Waals surface area (Å²) in [5.41, 5.74) is 6.27. The molecule has 13 heteroatoms. The number of nitrogens with one attached hydrogen (secondary N) is 2. The first-order valence-corrected chi connectivity index (χ1v) is 10.4. The zero-order chi connectivity index (χ0) is 24.0. The summed E-state index contributed by atoms with van der Waals surface area (Å²) in [7, 11) is 0. The van der Waals surface area contributed by atoms with Crippen LogP contribution >= 0.6 is 11.6 Å². The second kappa shape index (κ2) is 8.23. The van der Waals surface area contributed by atoms with E-state index in [1.165, 1.54) is 29.2 Å². The molecule has 5 aromatic rings. The van der Waals surface area contributed by atoms with E-state index in [1.807, 2.05) is 0 Å². The molecule has 0 fully saturated rings. The first-order valence-electron chi connectivity index (χ1n) is 10.1. The van der Waals surface area contributed by atoms with E-state index >= 15 is 0 Å². The highest BCUT2D eigenvalue weighted by atomic mass is 35.5. The second-order valence-electron chi connectivity index (χ2n) is 7.46. The molecule has 0 spiro atoms. The zero-order valence-electron chi connectivity index (χ0n) is 17.9. The molecule has 1 atom stereocenters. The van der Waals surface area contributed by atoms with Crippen molar-refractivity contribution in [2.24, 2.45) is 0 Å².